The van der Waals surface area contributed by atoms with Gasteiger partial charge in [-0.1, -0.05) is 61.7 Å². The van der Waals surface area contributed by atoms with E-state index in [4.69, 9.17) is 13.5 Å². The summed E-state index contributed by atoms with van der Waals surface area (Å²) in [6.45, 7) is 11.1. The molecule has 0 spiro atoms. The van der Waals surface area contributed by atoms with Gasteiger partial charge in [0.2, 0.25) is 5.71 Å². The number of nitrogens with zero attached hydrogens (tertiary/aromatic N) is 4. The number of hydrogen-bond acceptors (Lipinski definition) is 4. The van der Waals surface area contributed by atoms with E-state index in [0.29, 0.717) is 11.3 Å². The smallest absolute Gasteiger partial charge is 0.216 e. The Morgan fingerprint density at radius 3 is 2.41 bits per heavy atom. The third kappa shape index (κ3) is 6.18. The molecule has 0 atom stereocenters. The first-order valence-corrected chi connectivity index (χ1v) is 18.0. The minimum absolute atomic E-state index is 0. The SMILES string of the molecule is Cc1ccc2c(n1)oc1c(-c3nc4ccccc4n3C(C)C)[c-]ccc12.[2H]C([2H])([2H])c1c[c-]c(-c2ccc([Si](C)(C)C)cn2)cc1.[Ir]. The van der Waals surface area contributed by atoms with Crippen molar-refractivity contribution >= 4 is 46.4 Å². The van der Waals surface area contributed by atoms with E-state index in [9.17, 15) is 0 Å². The second-order valence-electron chi connectivity index (χ2n) is 12.1. The minimum atomic E-state index is -2.08. The molecule has 0 fully saturated rings. The van der Waals surface area contributed by atoms with Crippen molar-refractivity contribution < 1.29 is 28.6 Å². The first kappa shape index (κ1) is 27.6. The number of rotatable bonds is 4. The molecule has 4 heterocycles. The molecule has 225 valence electrons. The van der Waals surface area contributed by atoms with Gasteiger partial charge in [0.25, 0.3) is 0 Å². The van der Waals surface area contributed by atoms with Crippen LogP contribution in [0.3, 0.4) is 0 Å². The fourth-order valence-electron chi connectivity index (χ4n) is 5.21. The van der Waals surface area contributed by atoms with Crippen LogP contribution >= 0.6 is 0 Å². The Bertz CT molecular complexity index is 2110. The van der Waals surface area contributed by atoms with E-state index in [1.54, 1.807) is 12.1 Å². The number of pyridine rings is 2. The molecule has 0 saturated heterocycles. The molecule has 0 saturated carbocycles. The zero-order valence-electron chi connectivity index (χ0n) is 28.7. The maximum absolute atomic E-state index is 7.35. The van der Waals surface area contributed by atoms with E-state index >= 15 is 0 Å². The van der Waals surface area contributed by atoms with Crippen molar-refractivity contribution in [1.82, 2.24) is 19.5 Å². The topological polar surface area (TPSA) is 56.7 Å². The van der Waals surface area contributed by atoms with Crippen molar-refractivity contribution in [2.24, 2.45) is 0 Å². The molecule has 5 nitrogen and oxygen atoms in total. The van der Waals surface area contributed by atoms with Gasteiger partial charge in [-0.2, -0.15) is 0 Å². The van der Waals surface area contributed by atoms with Gasteiger partial charge in [-0.25, -0.2) is 4.98 Å². The van der Waals surface area contributed by atoms with E-state index in [-0.39, 0.29) is 26.1 Å². The molecular formula is C37H36IrN4OSi-2. The summed E-state index contributed by atoms with van der Waals surface area (Å²) in [6, 6.07) is 31.9. The maximum Gasteiger partial charge on any atom is 0.216 e. The Morgan fingerprint density at radius 1 is 0.909 bits per heavy atom. The van der Waals surface area contributed by atoms with Crippen LogP contribution < -0.4 is 5.19 Å². The zero-order chi connectivity index (χ0) is 32.8. The monoisotopic (exact) mass is 776 g/mol. The van der Waals surface area contributed by atoms with Gasteiger partial charge in [-0.15, -0.1) is 53.6 Å². The van der Waals surface area contributed by atoms with Crippen LogP contribution in [0, 0.1) is 25.9 Å². The van der Waals surface area contributed by atoms with E-state index in [1.807, 2.05) is 55.6 Å². The van der Waals surface area contributed by atoms with Gasteiger partial charge < -0.3 is 14.0 Å². The van der Waals surface area contributed by atoms with E-state index in [0.717, 1.165) is 55.7 Å². The van der Waals surface area contributed by atoms with Crippen LogP contribution in [0.2, 0.25) is 19.6 Å². The molecule has 4 aromatic heterocycles. The Morgan fingerprint density at radius 2 is 1.73 bits per heavy atom. The van der Waals surface area contributed by atoms with Gasteiger partial charge in [0.15, 0.2) is 0 Å². The maximum atomic E-state index is 7.35. The van der Waals surface area contributed by atoms with Crippen molar-refractivity contribution in [2.45, 2.75) is 53.3 Å². The summed E-state index contributed by atoms with van der Waals surface area (Å²) in [6.07, 6.45) is 1.92. The third-order valence-corrected chi connectivity index (χ3v) is 9.52. The predicted molar refractivity (Wildman–Crippen MR) is 180 cm³/mol. The number of hydrogen-bond donors (Lipinski definition) is 0. The summed E-state index contributed by atoms with van der Waals surface area (Å²) >= 11 is 0. The first-order chi connectivity index (χ1) is 21.8. The molecule has 0 N–H and O–H groups in total. The van der Waals surface area contributed by atoms with Crippen molar-refractivity contribution in [1.29, 1.82) is 0 Å². The van der Waals surface area contributed by atoms with Gasteiger partial charge in [0, 0.05) is 47.5 Å². The number of furan rings is 1. The molecule has 44 heavy (non-hydrogen) atoms. The van der Waals surface area contributed by atoms with Crippen molar-refractivity contribution in [3.63, 3.8) is 0 Å². The molecule has 0 unspecified atom stereocenters. The average Bonchev–Trinajstić information content (AvgIpc) is 3.59. The number of para-hydroxylation sites is 2. The van der Waals surface area contributed by atoms with Crippen LogP contribution in [-0.4, -0.2) is 27.6 Å². The fourth-order valence-corrected chi connectivity index (χ4v) is 6.24. The third-order valence-electron chi connectivity index (χ3n) is 7.49. The first-order valence-electron chi connectivity index (χ1n) is 16.0. The average molecular weight is 776 g/mol. The van der Waals surface area contributed by atoms with E-state index in [1.165, 1.54) is 11.3 Å². The second kappa shape index (κ2) is 12.6. The van der Waals surface area contributed by atoms with E-state index < -0.39 is 14.9 Å². The zero-order valence-corrected chi connectivity index (χ0v) is 29.1. The van der Waals surface area contributed by atoms with Crippen LogP contribution in [0.5, 0.6) is 0 Å². The van der Waals surface area contributed by atoms with Crippen LogP contribution in [0.4, 0.5) is 0 Å². The molecule has 0 aliphatic rings. The number of benzene rings is 3. The van der Waals surface area contributed by atoms with Crippen LogP contribution in [-0.2, 0) is 20.1 Å². The molecule has 3 aromatic carbocycles. The van der Waals surface area contributed by atoms with Gasteiger partial charge in [0.05, 0.1) is 30.5 Å². The van der Waals surface area contributed by atoms with Gasteiger partial charge in [-0.05, 0) is 55.9 Å². The molecule has 0 amide bonds. The quantitative estimate of drug-likeness (QED) is 0.132. The molecular weight excluding hydrogens is 737 g/mol. The van der Waals surface area contributed by atoms with Crippen molar-refractivity contribution in [3.8, 4) is 22.6 Å². The standard InChI is InChI=1S/C22H18N3O.C15H18NSi.Ir/c1-13(2)25-19-10-5-4-9-18(19)24-21(25)17-8-6-7-15-16-12-11-14(3)23-22(16)26-20(15)17;1-12-5-7-13(8-6-12)15-10-9-14(11-16-15)17(2,3)4;/h4-7,9-13H,1-3H3;5-7,9-11H,1-4H3;/q2*-1;/i;1D3;. The predicted octanol–water partition coefficient (Wildman–Crippen LogP) is 9.09. The number of aryl methyl sites for hydroxylation is 2. The number of imidazole rings is 1. The molecule has 7 rings (SSSR count). The van der Waals surface area contributed by atoms with Gasteiger partial charge in [-0.3, -0.25) is 4.98 Å². The normalized spacial score (nSPS) is 12.8. The fraction of sp³-hybridized carbons (Fsp3) is 0.216. The van der Waals surface area contributed by atoms with Crippen LogP contribution in [0.1, 0.15) is 35.3 Å². The largest absolute Gasteiger partial charge is 0.486 e. The molecule has 0 bridgehead atoms. The summed E-state index contributed by atoms with van der Waals surface area (Å²) in [5.41, 5.74) is 7.31. The molecule has 1 radical (unpaired) electrons. The summed E-state index contributed by atoms with van der Waals surface area (Å²) in [5.74, 6) is 0.877. The Hall–Kier alpha value is -3.90. The van der Waals surface area contributed by atoms with Crippen molar-refractivity contribution in [2.75, 3.05) is 0 Å². The summed E-state index contributed by atoms with van der Waals surface area (Å²) in [7, 11) is -1.34. The van der Waals surface area contributed by atoms with Gasteiger partial charge >= 0.3 is 0 Å². The Labute approximate surface area is 278 Å². The van der Waals surface area contributed by atoms with Crippen molar-refractivity contribution in [3.05, 3.63) is 108 Å². The Balaban J connectivity index is 0.000000188. The van der Waals surface area contributed by atoms with Gasteiger partial charge in [0.1, 0.15) is 0 Å². The van der Waals surface area contributed by atoms with E-state index in [2.05, 4.69) is 78.4 Å². The molecule has 7 heteroatoms. The summed E-state index contributed by atoms with van der Waals surface area (Å²) < 4.78 is 30.4. The summed E-state index contributed by atoms with van der Waals surface area (Å²) in [5, 5.41) is 3.37. The number of fused-ring (bicyclic) bond motifs is 4. The molecule has 7 aromatic rings. The van der Waals surface area contributed by atoms with Crippen LogP contribution in [0.15, 0.2) is 89.5 Å². The second-order valence-corrected chi connectivity index (χ2v) is 17.1. The molecule has 0 aliphatic carbocycles. The summed E-state index contributed by atoms with van der Waals surface area (Å²) in [4.78, 5) is 13.9. The van der Waals surface area contributed by atoms with Crippen LogP contribution in [0.25, 0.3) is 55.7 Å². The molecule has 0 aliphatic heterocycles. The minimum Gasteiger partial charge on any atom is -0.486 e. The Kier molecular flexibility index (Phi) is 7.92. The number of aromatic nitrogens is 4.